The van der Waals surface area contributed by atoms with Crippen molar-refractivity contribution in [1.82, 2.24) is 4.98 Å². The molecule has 15 heavy (non-hydrogen) atoms. The molecule has 1 saturated heterocycles. The van der Waals surface area contributed by atoms with Crippen LogP contribution in [0.15, 0.2) is 30.3 Å². The number of fused-ring (bicyclic) bond motifs is 1. The predicted molar refractivity (Wildman–Crippen MR) is 56.4 cm³/mol. The van der Waals surface area contributed by atoms with Crippen molar-refractivity contribution in [3.63, 3.8) is 0 Å². The number of hydrogen-bond acceptors (Lipinski definition) is 2. The summed E-state index contributed by atoms with van der Waals surface area (Å²) < 4.78 is 5.14. The zero-order valence-corrected chi connectivity index (χ0v) is 8.16. The summed E-state index contributed by atoms with van der Waals surface area (Å²) in [6, 6.07) is 12.4. The second-order valence-corrected chi connectivity index (χ2v) is 3.96. The Morgan fingerprint density at radius 1 is 1.33 bits per heavy atom. The van der Waals surface area contributed by atoms with Crippen LogP contribution in [0.3, 0.4) is 0 Å². The number of nitrogens with zero attached hydrogens (tertiary/aromatic N) is 1. The van der Waals surface area contributed by atoms with Crippen LogP contribution >= 0.6 is 0 Å². The third-order valence-corrected chi connectivity index (χ3v) is 2.96. The van der Waals surface area contributed by atoms with Gasteiger partial charge in [0.15, 0.2) is 0 Å². The first-order valence-electron chi connectivity index (χ1n) is 4.91. The van der Waals surface area contributed by atoms with E-state index in [1.165, 1.54) is 0 Å². The summed E-state index contributed by atoms with van der Waals surface area (Å²) in [5.41, 5.74) is 1.60. The van der Waals surface area contributed by atoms with Crippen LogP contribution in [0.5, 0.6) is 0 Å². The second kappa shape index (κ2) is 2.85. The summed E-state index contributed by atoms with van der Waals surface area (Å²) in [4.78, 5) is 3.29. The van der Waals surface area contributed by atoms with Gasteiger partial charge in [-0.05, 0) is 17.5 Å². The molecule has 1 aromatic carbocycles. The predicted octanol–water partition coefficient (Wildman–Crippen LogP) is 1.96. The van der Waals surface area contributed by atoms with Crippen LogP contribution in [0.1, 0.15) is 5.69 Å². The van der Waals surface area contributed by atoms with Gasteiger partial charge >= 0.3 is 0 Å². The summed E-state index contributed by atoms with van der Waals surface area (Å²) in [5, 5.41) is 10.3. The van der Waals surface area contributed by atoms with Gasteiger partial charge in [0.1, 0.15) is 5.41 Å². The molecule has 1 aliphatic heterocycles. The van der Waals surface area contributed by atoms with Crippen LogP contribution in [-0.2, 0) is 10.2 Å². The molecule has 0 radical (unpaired) electrons. The lowest BCUT2D eigenvalue weighted by Crippen LogP contribution is -2.45. The second-order valence-electron chi connectivity index (χ2n) is 3.96. The molecule has 1 aromatic heterocycles. The van der Waals surface area contributed by atoms with Crippen molar-refractivity contribution < 1.29 is 4.74 Å². The molecular formula is C12H10N2O. The highest BCUT2D eigenvalue weighted by Gasteiger charge is 2.42. The Labute approximate surface area is 87.3 Å². The molecule has 74 valence electrons. The fourth-order valence-electron chi connectivity index (χ4n) is 1.92. The van der Waals surface area contributed by atoms with E-state index in [2.05, 4.69) is 11.1 Å². The molecule has 1 fully saturated rings. The molecule has 3 rings (SSSR count). The molecule has 0 amide bonds. The molecule has 0 saturated carbocycles. The van der Waals surface area contributed by atoms with E-state index in [9.17, 15) is 0 Å². The number of nitriles is 1. The average Bonchev–Trinajstić information content (AvgIpc) is 2.60. The minimum Gasteiger partial charge on any atom is -0.377 e. The Kier molecular flexibility index (Phi) is 1.62. The highest BCUT2D eigenvalue weighted by atomic mass is 16.5. The minimum absolute atomic E-state index is 0.445. The van der Waals surface area contributed by atoms with Crippen LogP contribution in [-0.4, -0.2) is 18.2 Å². The largest absolute Gasteiger partial charge is 0.377 e. The normalized spacial score (nSPS) is 18.3. The maximum absolute atomic E-state index is 9.17. The van der Waals surface area contributed by atoms with Gasteiger partial charge in [0.05, 0.1) is 19.3 Å². The first-order chi connectivity index (χ1) is 7.34. The van der Waals surface area contributed by atoms with Crippen LogP contribution in [0.4, 0.5) is 0 Å². The Hall–Kier alpha value is -1.79. The number of hydrogen-bond donors (Lipinski definition) is 1. The number of H-pyrrole nitrogens is 1. The molecule has 2 aromatic rings. The number of aromatic amines is 1. The molecular weight excluding hydrogens is 188 g/mol. The van der Waals surface area contributed by atoms with Crippen molar-refractivity contribution in [3.8, 4) is 6.07 Å². The van der Waals surface area contributed by atoms with Crippen molar-refractivity contribution in [1.29, 1.82) is 5.26 Å². The lowest BCUT2D eigenvalue weighted by Gasteiger charge is -2.34. The van der Waals surface area contributed by atoms with E-state index in [4.69, 9.17) is 10.00 Å². The molecule has 0 unspecified atom stereocenters. The van der Waals surface area contributed by atoms with Crippen molar-refractivity contribution in [2.45, 2.75) is 5.41 Å². The molecule has 0 spiro atoms. The summed E-state index contributed by atoms with van der Waals surface area (Å²) in [5.74, 6) is 0. The van der Waals surface area contributed by atoms with Gasteiger partial charge < -0.3 is 9.72 Å². The van der Waals surface area contributed by atoms with E-state index < -0.39 is 5.41 Å². The Morgan fingerprint density at radius 2 is 2.13 bits per heavy atom. The zero-order valence-electron chi connectivity index (χ0n) is 8.16. The fraction of sp³-hybridized carbons (Fsp3) is 0.250. The van der Waals surface area contributed by atoms with Gasteiger partial charge in [0.25, 0.3) is 0 Å². The highest BCUT2D eigenvalue weighted by molar-refractivity contribution is 5.80. The molecule has 0 bridgehead atoms. The SMILES string of the molecule is N#CC1(c2cc3ccccc3[nH]2)COC1. The quantitative estimate of drug-likeness (QED) is 0.761. The molecule has 2 heterocycles. The first kappa shape index (κ1) is 8.51. The first-order valence-corrected chi connectivity index (χ1v) is 4.91. The Balaban J connectivity index is 2.16. The van der Waals surface area contributed by atoms with E-state index >= 15 is 0 Å². The Morgan fingerprint density at radius 3 is 2.73 bits per heavy atom. The van der Waals surface area contributed by atoms with E-state index in [0.29, 0.717) is 13.2 Å². The van der Waals surface area contributed by atoms with Crippen LogP contribution in [0, 0.1) is 11.3 Å². The number of rotatable bonds is 1. The van der Waals surface area contributed by atoms with E-state index in [0.717, 1.165) is 16.6 Å². The number of ether oxygens (including phenoxy) is 1. The molecule has 1 N–H and O–H groups in total. The van der Waals surface area contributed by atoms with Crippen molar-refractivity contribution in [2.75, 3.05) is 13.2 Å². The van der Waals surface area contributed by atoms with Gasteiger partial charge in [0.2, 0.25) is 0 Å². The topological polar surface area (TPSA) is 48.8 Å². The summed E-state index contributed by atoms with van der Waals surface area (Å²) in [6.45, 7) is 0.993. The maximum Gasteiger partial charge on any atom is 0.143 e. The van der Waals surface area contributed by atoms with E-state index in [1.807, 2.05) is 30.3 Å². The van der Waals surface area contributed by atoms with Gasteiger partial charge in [-0.1, -0.05) is 18.2 Å². The van der Waals surface area contributed by atoms with E-state index in [1.54, 1.807) is 0 Å². The van der Waals surface area contributed by atoms with Crippen LogP contribution < -0.4 is 0 Å². The lowest BCUT2D eigenvalue weighted by atomic mass is 9.84. The fourth-order valence-corrected chi connectivity index (χ4v) is 1.92. The van der Waals surface area contributed by atoms with Crippen molar-refractivity contribution in [2.24, 2.45) is 0 Å². The lowest BCUT2D eigenvalue weighted by molar-refractivity contribution is -0.0314. The van der Waals surface area contributed by atoms with Gasteiger partial charge in [0, 0.05) is 11.2 Å². The van der Waals surface area contributed by atoms with Gasteiger partial charge in [-0.25, -0.2) is 0 Å². The molecule has 1 aliphatic rings. The molecule has 3 heteroatoms. The number of aromatic nitrogens is 1. The average molecular weight is 198 g/mol. The minimum atomic E-state index is -0.445. The monoisotopic (exact) mass is 198 g/mol. The van der Waals surface area contributed by atoms with Crippen LogP contribution in [0.25, 0.3) is 10.9 Å². The van der Waals surface area contributed by atoms with Crippen molar-refractivity contribution in [3.05, 3.63) is 36.0 Å². The standard InChI is InChI=1S/C12H10N2O/c13-6-12(7-15-8-12)11-5-9-3-1-2-4-10(9)14-11/h1-5,14H,7-8H2. The number of para-hydroxylation sites is 1. The van der Waals surface area contributed by atoms with E-state index in [-0.39, 0.29) is 0 Å². The molecule has 0 atom stereocenters. The maximum atomic E-state index is 9.17. The van der Waals surface area contributed by atoms with Crippen LogP contribution in [0.2, 0.25) is 0 Å². The van der Waals surface area contributed by atoms with Gasteiger partial charge in [-0.15, -0.1) is 0 Å². The third kappa shape index (κ3) is 1.09. The number of benzene rings is 1. The molecule has 0 aliphatic carbocycles. The van der Waals surface area contributed by atoms with Gasteiger partial charge in [-0.3, -0.25) is 0 Å². The summed E-state index contributed by atoms with van der Waals surface area (Å²) in [6.07, 6.45) is 0. The Bertz CT molecular complexity index is 513. The van der Waals surface area contributed by atoms with Gasteiger partial charge in [-0.2, -0.15) is 5.26 Å². The smallest absolute Gasteiger partial charge is 0.143 e. The number of nitrogens with one attached hydrogen (secondary N) is 1. The molecule has 3 nitrogen and oxygen atoms in total. The summed E-state index contributed by atoms with van der Waals surface area (Å²) >= 11 is 0. The summed E-state index contributed by atoms with van der Waals surface area (Å²) in [7, 11) is 0. The highest BCUT2D eigenvalue weighted by Crippen LogP contribution is 2.32. The third-order valence-electron chi connectivity index (χ3n) is 2.96. The zero-order chi connectivity index (χ0) is 10.3. The van der Waals surface area contributed by atoms with Crippen molar-refractivity contribution >= 4 is 10.9 Å².